The molecular weight excluding hydrogens is 198 g/mol. The maximum atomic E-state index is 5.25. The molecule has 0 saturated carbocycles. The average molecular weight is 215 g/mol. The van der Waals surface area contributed by atoms with Crippen LogP contribution in [0, 0.1) is 0 Å². The molecule has 0 bridgehead atoms. The van der Waals surface area contributed by atoms with Crippen molar-refractivity contribution in [2.45, 2.75) is 0 Å². The second-order valence-electron chi connectivity index (χ2n) is 4.21. The molecule has 0 aliphatic heterocycles. The summed E-state index contributed by atoms with van der Waals surface area (Å²) in [7, 11) is 5.84. The molecule has 1 aromatic carbocycles. The van der Waals surface area contributed by atoms with Gasteiger partial charge in [0.2, 0.25) is 0 Å². The summed E-state index contributed by atoms with van der Waals surface area (Å²) < 4.78 is 5.25. The van der Waals surface area contributed by atoms with Crippen molar-refractivity contribution in [3.63, 3.8) is 0 Å². The third kappa shape index (κ3) is 2.17. The Bertz CT molecular complexity index is 444. The zero-order valence-electron chi connectivity index (χ0n) is 10.0. The number of rotatable bonds is 3. The predicted molar refractivity (Wildman–Crippen MR) is 68.6 cm³/mol. The van der Waals surface area contributed by atoms with Gasteiger partial charge in [0.1, 0.15) is 5.75 Å². The fourth-order valence-corrected chi connectivity index (χ4v) is 1.79. The molecule has 2 nitrogen and oxygen atoms in total. The first kappa shape index (κ1) is 11.0. The van der Waals surface area contributed by atoms with Crippen molar-refractivity contribution in [1.29, 1.82) is 0 Å². The summed E-state index contributed by atoms with van der Waals surface area (Å²) in [5.74, 6) is 0.915. The van der Waals surface area contributed by atoms with Gasteiger partial charge < -0.3 is 9.64 Å². The van der Waals surface area contributed by atoms with Crippen molar-refractivity contribution in [2.75, 3.05) is 27.7 Å². The van der Waals surface area contributed by atoms with E-state index >= 15 is 0 Å². The van der Waals surface area contributed by atoms with Crippen LogP contribution in [0.5, 0.6) is 5.75 Å². The van der Waals surface area contributed by atoms with Gasteiger partial charge in [-0.25, -0.2) is 0 Å². The molecule has 1 aromatic rings. The highest BCUT2D eigenvalue weighted by molar-refractivity contribution is 5.90. The van der Waals surface area contributed by atoms with Gasteiger partial charge in [-0.15, -0.1) is 0 Å². The third-order valence-corrected chi connectivity index (χ3v) is 2.69. The number of hydrogen-bond acceptors (Lipinski definition) is 2. The maximum absolute atomic E-state index is 5.25. The van der Waals surface area contributed by atoms with Crippen LogP contribution in [0.3, 0.4) is 0 Å². The quantitative estimate of drug-likeness (QED) is 0.768. The van der Waals surface area contributed by atoms with Crippen LogP contribution in [-0.2, 0) is 0 Å². The van der Waals surface area contributed by atoms with Gasteiger partial charge in [-0.3, -0.25) is 0 Å². The van der Waals surface area contributed by atoms with E-state index in [4.69, 9.17) is 4.74 Å². The van der Waals surface area contributed by atoms with E-state index in [1.165, 1.54) is 16.7 Å². The van der Waals surface area contributed by atoms with Gasteiger partial charge >= 0.3 is 0 Å². The minimum absolute atomic E-state index is 0.915. The smallest absolute Gasteiger partial charge is 0.119 e. The zero-order chi connectivity index (χ0) is 11.5. The minimum atomic E-state index is 0.915. The van der Waals surface area contributed by atoms with Gasteiger partial charge in [-0.2, -0.15) is 0 Å². The fraction of sp³-hybridized carbons (Fsp3) is 0.286. The van der Waals surface area contributed by atoms with E-state index in [0.717, 1.165) is 12.3 Å². The molecule has 16 heavy (non-hydrogen) atoms. The van der Waals surface area contributed by atoms with Gasteiger partial charge in [0.15, 0.2) is 0 Å². The second-order valence-corrected chi connectivity index (χ2v) is 4.21. The molecule has 84 valence electrons. The highest BCUT2D eigenvalue weighted by Crippen LogP contribution is 2.31. The monoisotopic (exact) mass is 215 g/mol. The van der Waals surface area contributed by atoms with Crippen LogP contribution in [0.4, 0.5) is 0 Å². The Hall–Kier alpha value is -1.54. The molecule has 0 fully saturated rings. The normalized spacial score (nSPS) is 15.9. The Kier molecular flexibility index (Phi) is 3.11. The number of ether oxygens (including phenoxy) is 1. The minimum Gasteiger partial charge on any atom is -0.497 e. The lowest BCUT2D eigenvalue weighted by Crippen LogP contribution is -2.10. The van der Waals surface area contributed by atoms with Crippen molar-refractivity contribution in [2.24, 2.45) is 0 Å². The van der Waals surface area contributed by atoms with Crippen LogP contribution in [0.1, 0.15) is 11.1 Å². The van der Waals surface area contributed by atoms with Crippen LogP contribution < -0.4 is 4.74 Å². The van der Waals surface area contributed by atoms with Crippen molar-refractivity contribution in [3.8, 4) is 5.75 Å². The molecule has 0 N–H and O–H groups in total. The summed E-state index contributed by atoms with van der Waals surface area (Å²) >= 11 is 0. The number of hydrogen-bond donors (Lipinski definition) is 0. The van der Waals surface area contributed by atoms with E-state index in [-0.39, 0.29) is 0 Å². The highest BCUT2D eigenvalue weighted by atomic mass is 16.5. The first-order valence-electron chi connectivity index (χ1n) is 5.42. The Labute approximate surface area is 96.8 Å². The molecule has 0 atom stereocenters. The highest BCUT2D eigenvalue weighted by Gasteiger charge is 2.10. The van der Waals surface area contributed by atoms with Crippen LogP contribution in [0.15, 0.2) is 30.4 Å². The largest absolute Gasteiger partial charge is 0.497 e. The first-order valence-corrected chi connectivity index (χ1v) is 5.42. The maximum Gasteiger partial charge on any atom is 0.119 e. The standard InChI is InChI=1S/C14H17NO/c1-15(2)9-8-12-5-4-11-6-7-13(16-3)10-14(11)12/h4-8,10H,9H2,1-3H3/b12-8+. The molecule has 0 saturated heterocycles. The summed E-state index contributed by atoms with van der Waals surface area (Å²) in [6.07, 6.45) is 6.55. The Morgan fingerprint density at radius 2 is 2.06 bits per heavy atom. The summed E-state index contributed by atoms with van der Waals surface area (Å²) in [6, 6.07) is 6.19. The number of nitrogens with zero attached hydrogens (tertiary/aromatic N) is 1. The number of allylic oxidation sites excluding steroid dienone is 2. The van der Waals surface area contributed by atoms with Crippen molar-refractivity contribution < 1.29 is 4.74 Å². The lowest BCUT2D eigenvalue weighted by molar-refractivity contribution is 0.414. The average Bonchev–Trinajstić information content (AvgIpc) is 2.68. The molecule has 0 aromatic heterocycles. The Morgan fingerprint density at radius 1 is 1.25 bits per heavy atom. The predicted octanol–water partition coefficient (Wildman–Crippen LogP) is 2.67. The first-order chi connectivity index (χ1) is 7.70. The molecule has 1 aliphatic carbocycles. The summed E-state index contributed by atoms with van der Waals surface area (Å²) in [6.45, 7) is 0.955. The lowest BCUT2D eigenvalue weighted by atomic mass is 10.1. The van der Waals surface area contributed by atoms with E-state index in [1.807, 2.05) is 6.07 Å². The van der Waals surface area contributed by atoms with E-state index in [0.29, 0.717) is 0 Å². The van der Waals surface area contributed by atoms with E-state index in [2.05, 4.69) is 49.4 Å². The Balaban J connectivity index is 2.30. The number of likely N-dealkylation sites (N-methyl/N-ethyl adjacent to an activating group) is 1. The molecule has 0 heterocycles. The van der Waals surface area contributed by atoms with Crippen LogP contribution in [0.2, 0.25) is 0 Å². The fourth-order valence-electron chi connectivity index (χ4n) is 1.79. The van der Waals surface area contributed by atoms with Crippen LogP contribution in [-0.4, -0.2) is 32.6 Å². The second kappa shape index (κ2) is 4.54. The SMILES string of the molecule is COc1ccc2c(c1)/C(=C/CN(C)C)C=C2. The lowest BCUT2D eigenvalue weighted by Gasteiger charge is -2.08. The Morgan fingerprint density at radius 3 is 2.75 bits per heavy atom. The molecule has 0 amide bonds. The van der Waals surface area contributed by atoms with Crippen LogP contribution in [0.25, 0.3) is 11.6 Å². The molecular formula is C14H17NO. The van der Waals surface area contributed by atoms with Gasteiger partial charge in [-0.05, 0) is 42.9 Å². The van der Waals surface area contributed by atoms with Crippen LogP contribution >= 0.6 is 0 Å². The van der Waals surface area contributed by atoms with Crippen molar-refractivity contribution in [3.05, 3.63) is 41.5 Å². The van der Waals surface area contributed by atoms with Gasteiger partial charge in [0, 0.05) is 6.54 Å². The molecule has 0 radical (unpaired) electrons. The number of fused-ring (bicyclic) bond motifs is 1. The van der Waals surface area contributed by atoms with E-state index in [1.54, 1.807) is 7.11 Å². The third-order valence-electron chi connectivity index (χ3n) is 2.69. The number of benzene rings is 1. The molecule has 2 heteroatoms. The summed E-state index contributed by atoms with van der Waals surface area (Å²) in [5.41, 5.74) is 3.81. The van der Waals surface area contributed by atoms with Crippen molar-refractivity contribution >= 4 is 11.6 Å². The van der Waals surface area contributed by atoms with Gasteiger partial charge in [-0.1, -0.05) is 24.3 Å². The van der Waals surface area contributed by atoms with Crippen molar-refractivity contribution in [1.82, 2.24) is 4.90 Å². The summed E-state index contributed by atoms with van der Waals surface area (Å²) in [4.78, 5) is 2.15. The number of methoxy groups -OCH3 is 1. The van der Waals surface area contributed by atoms with E-state index in [9.17, 15) is 0 Å². The van der Waals surface area contributed by atoms with E-state index < -0.39 is 0 Å². The summed E-state index contributed by atoms with van der Waals surface area (Å²) in [5, 5.41) is 0. The zero-order valence-corrected chi connectivity index (χ0v) is 10.0. The van der Waals surface area contributed by atoms with Gasteiger partial charge in [0.25, 0.3) is 0 Å². The molecule has 2 rings (SSSR count). The topological polar surface area (TPSA) is 12.5 Å². The molecule has 1 aliphatic rings. The van der Waals surface area contributed by atoms with Gasteiger partial charge in [0.05, 0.1) is 7.11 Å². The molecule has 0 unspecified atom stereocenters. The molecule has 0 spiro atoms.